The normalized spacial score (nSPS) is 15.9. The number of amides is 1. The predicted molar refractivity (Wildman–Crippen MR) is 106 cm³/mol. The molecule has 1 aromatic heterocycles. The fourth-order valence-electron chi connectivity index (χ4n) is 3.73. The van der Waals surface area contributed by atoms with E-state index < -0.39 is 5.82 Å². The van der Waals surface area contributed by atoms with Gasteiger partial charge in [0.2, 0.25) is 0 Å². The number of para-hydroxylation sites is 1. The van der Waals surface area contributed by atoms with E-state index in [0.717, 1.165) is 41.1 Å². The zero-order chi connectivity index (χ0) is 19.1. The Bertz CT molecular complexity index is 986. The van der Waals surface area contributed by atoms with Crippen molar-refractivity contribution in [1.29, 1.82) is 0 Å². The van der Waals surface area contributed by atoms with Crippen LogP contribution in [0.5, 0.6) is 0 Å². The van der Waals surface area contributed by atoms with Gasteiger partial charge in [0.05, 0.1) is 17.1 Å². The maximum absolute atomic E-state index is 14.1. The zero-order valence-corrected chi connectivity index (χ0v) is 15.8. The Kier molecular flexibility index (Phi) is 4.30. The van der Waals surface area contributed by atoms with Gasteiger partial charge in [-0.3, -0.25) is 9.78 Å². The average Bonchev–Trinajstić information content (AvgIpc) is 3.02. The molecular weight excluding hydrogens is 341 g/mol. The number of aryl methyl sites for hydroxylation is 2. The molecule has 4 nitrogen and oxygen atoms in total. The maximum Gasteiger partial charge on any atom is 0.252 e. The van der Waals surface area contributed by atoms with Crippen molar-refractivity contribution in [2.75, 3.05) is 23.8 Å². The van der Waals surface area contributed by atoms with E-state index >= 15 is 0 Å². The Morgan fingerprint density at radius 1 is 1.30 bits per heavy atom. The third kappa shape index (κ3) is 3.14. The lowest BCUT2D eigenvalue weighted by Gasteiger charge is -2.20. The molecule has 0 unspecified atom stereocenters. The summed E-state index contributed by atoms with van der Waals surface area (Å²) in [6, 6.07) is 6.92. The van der Waals surface area contributed by atoms with Gasteiger partial charge in [0.25, 0.3) is 5.91 Å². The average molecular weight is 363 g/mol. The molecule has 0 spiro atoms. The molecule has 2 heterocycles. The van der Waals surface area contributed by atoms with E-state index in [1.165, 1.54) is 6.07 Å². The number of carbonyl (C=O) groups is 1. The summed E-state index contributed by atoms with van der Waals surface area (Å²) in [6.45, 7) is 4.69. The SMILES string of the molecule is Cc1cnc2c(c1)N(C)CCC1=C2CC(C(=O)Nc2c(C)cccc2F)=C1. The van der Waals surface area contributed by atoms with Gasteiger partial charge < -0.3 is 10.2 Å². The summed E-state index contributed by atoms with van der Waals surface area (Å²) in [4.78, 5) is 19.6. The van der Waals surface area contributed by atoms with Gasteiger partial charge >= 0.3 is 0 Å². The third-order valence-corrected chi connectivity index (χ3v) is 5.27. The van der Waals surface area contributed by atoms with Crippen molar-refractivity contribution >= 4 is 22.9 Å². The van der Waals surface area contributed by atoms with E-state index in [4.69, 9.17) is 0 Å². The molecule has 1 N–H and O–H groups in total. The fraction of sp³-hybridized carbons (Fsp3) is 0.273. The highest BCUT2D eigenvalue weighted by Crippen LogP contribution is 2.41. The van der Waals surface area contributed by atoms with E-state index in [2.05, 4.69) is 28.3 Å². The Hall–Kier alpha value is -2.95. The highest BCUT2D eigenvalue weighted by atomic mass is 19.1. The quantitative estimate of drug-likeness (QED) is 0.860. The summed E-state index contributed by atoms with van der Waals surface area (Å²) in [5.74, 6) is -0.668. The minimum absolute atomic E-state index is 0.249. The molecule has 0 atom stereocenters. The number of fused-ring (bicyclic) bond motifs is 2. The predicted octanol–water partition coefficient (Wildman–Crippen LogP) is 4.40. The first-order chi connectivity index (χ1) is 12.9. The summed E-state index contributed by atoms with van der Waals surface area (Å²) in [5, 5.41) is 2.75. The lowest BCUT2D eigenvalue weighted by atomic mass is 10.0. The van der Waals surface area contributed by atoms with Gasteiger partial charge in [-0.1, -0.05) is 12.1 Å². The van der Waals surface area contributed by atoms with Crippen LogP contribution in [-0.2, 0) is 4.79 Å². The highest BCUT2D eigenvalue weighted by Gasteiger charge is 2.28. The second kappa shape index (κ2) is 6.65. The smallest absolute Gasteiger partial charge is 0.252 e. The topological polar surface area (TPSA) is 45.2 Å². The Morgan fingerprint density at radius 3 is 2.89 bits per heavy atom. The van der Waals surface area contributed by atoms with E-state index in [-0.39, 0.29) is 11.6 Å². The second-order valence-electron chi connectivity index (χ2n) is 7.29. The van der Waals surface area contributed by atoms with Gasteiger partial charge in [0, 0.05) is 31.8 Å². The van der Waals surface area contributed by atoms with Gasteiger partial charge in [-0.15, -0.1) is 0 Å². The molecule has 0 saturated heterocycles. The molecule has 2 aromatic rings. The molecule has 4 rings (SSSR count). The van der Waals surface area contributed by atoms with Crippen LogP contribution in [-0.4, -0.2) is 24.5 Å². The van der Waals surface area contributed by atoms with Crippen LogP contribution in [0.25, 0.3) is 5.57 Å². The van der Waals surface area contributed by atoms with Gasteiger partial charge in [0.15, 0.2) is 0 Å². The van der Waals surface area contributed by atoms with Crippen molar-refractivity contribution in [2.45, 2.75) is 26.7 Å². The van der Waals surface area contributed by atoms with E-state index in [1.54, 1.807) is 19.1 Å². The number of aromatic nitrogens is 1. The molecule has 138 valence electrons. The molecule has 27 heavy (non-hydrogen) atoms. The number of carbonyl (C=O) groups excluding carboxylic acids is 1. The fourth-order valence-corrected chi connectivity index (χ4v) is 3.73. The third-order valence-electron chi connectivity index (χ3n) is 5.27. The first kappa shape index (κ1) is 17.5. The van der Waals surface area contributed by atoms with Crippen molar-refractivity contribution in [3.63, 3.8) is 0 Å². The zero-order valence-electron chi connectivity index (χ0n) is 15.8. The number of pyridine rings is 1. The van der Waals surface area contributed by atoms with Crippen LogP contribution in [0.1, 0.15) is 29.7 Å². The number of nitrogens with zero attached hydrogens (tertiary/aromatic N) is 2. The molecule has 0 radical (unpaired) electrons. The number of hydrogen-bond acceptors (Lipinski definition) is 3. The van der Waals surface area contributed by atoms with Crippen LogP contribution in [0.3, 0.4) is 0 Å². The standard InChI is InChI=1S/C22H22FN3O/c1-13-9-19-21(24-12-13)17-11-16(10-15(17)7-8-26(19)3)22(27)25-20-14(2)5-4-6-18(20)23/h4-6,9-10,12H,7-8,11H2,1-3H3,(H,25,27). The Morgan fingerprint density at radius 2 is 2.11 bits per heavy atom. The molecule has 5 heteroatoms. The van der Waals surface area contributed by atoms with E-state index in [9.17, 15) is 9.18 Å². The van der Waals surface area contributed by atoms with Crippen LogP contribution in [0, 0.1) is 19.7 Å². The summed E-state index contributed by atoms with van der Waals surface area (Å²) in [6.07, 6.45) is 5.19. The summed E-state index contributed by atoms with van der Waals surface area (Å²) < 4.78 is 14.1. The van der Waals surface area contributed by atoms with Crippen LogP contribution in [0.15, 0.2) is 47.7 Å². The minimum Gasteiger partial charge on any atom is -0.373 e. The Labute approximate surface area is 158 Å². The first-order valence-corrected chi connectivity index (χ1v) is 9.11. The summed E-state index contributed by atoms with van der Waals surface area (Å²) in [5.41, 5.74) is 7.01. The summed E-state index contributed by atoms with van der Waals surface area (Å²) >= 11 is 0. The largest absolute Gasteiger partial charge is 0.373 e. The van der Waals surface area contributed by atoms with Crippen molar-refractivity contribution < 1.29 is 9.18 Å². The van der Waals surface area contributed by atoms with Gasteiger partial charge in [0.1, 0.15) is 5.82 Å². The number of anilines is 2. The van der Waals surface area contributed by atoms with Crippen molar-refractivity contribution in [3.8, 4) is 0 Å². The minimum atomic E-state index is -0.416. The van der Waals surface area contributed by atoms with Crippen molar-refractivity contribution in [3.05, 3.63) is 70.3 Å². The Balaban J connectivity index is 1.61. The van der Waals surface area contributed by atoms with Gasteiger partial charge in [-0.25, -0.2) is 4.39 Å². The van der Waals surface area contributed by atoms with Gasteiger partial charge in [-0.2, -0.15) is 0 Å². The monoisotopic (exact) mass is 363 g/mol. The van der Waals surface area contributed by atoms with Crippen LogP contribution >= 0.6 is 0 Å². The number of benzene rings is 1. The molecule has 0 saturated carbocycles. The second-order valence-corrected chi connectivity index (χ2v) is 7.29. The molecular formula is C22H22FN3O. The number of halogens is 1. The lowest BCUT2D eigenvalue weighted by Crippen LogP contribution is -2.19. The first-order valence-electron chi connectivity index (χ1n) is 9.11. The van der Waals surface area contributed by atoms with Crippen LogP contribution in [0.2, 0.25) is 0 Å². The molecule has 2 aliphatic rings. The van der Waals surface area contributed by atoms with Crippen LogP contribution < -0.4 is 10.2 Å². The molecule has 1 aliphatic heterocycles. The van der Waals surface area contributed by atoms with E-state index in [1.807, 2.05) is 19.2 Å². The maximum atomic E-state index is 14.1. The number of hydrogen-bond donors (Lipinski definition) is 1. The molecule has 0 bridgehead atoms. The van der Waals surface area contributed by atoms with Gasteiger partial charge in [-0.05, 0) is 60.8 Å². The number of allylic oxidation sites excluding steroid dienone is 2. The van der Waals surface area contributed by atoms with E-state index in [0.29, 0.717) is 17.6 Å². The highest BCUT2D eigenvalue weighted by molar-refractivity contribution is 6.08. The molecule has 0 fully saturated rings. The number of rotatable bonds is 2. The number of nitrogens with one attached hydrogen (secondary N) is 1. The molecule has 1 aliphatic carbocycles. The molecule has 1 aromatic carbocycles. The van der Waals surface area contributed by atoms with Crippen LogP contribution in [0.4, 0.5) is 15.8 Å². The van der Waals surface area contributed by atoms with Crippen molar-refractivity contribution in [2.24, 2.45) is 0 Å². The van der Waals surface area contributed by atoms with Crippen molar-refractivity contribution in [1.82, 2.24) is 4.98 Å². The summed E-state index contributed by atoms with van der Waals surface area (Å²) in [7, 11) is 2.07. The lowest BCUT2D eigenvalue weighted by molar-refractivity contribution is -0.112. The molecule has 1 amide bonds.